The predicted molar refractivity (Wildman–Crippen MR) is 157 cm³/mol. The average Bonchev–Trinajstić information content (AvgIpc) is 3.75. The van der Waals surface area contributed by atoms with E-state index in [0.717, 1.165) is 55.9 Å². The van der Waals surface area contributed by atoms with Gasteiger partial charge in [0, 0.05) is 73.8 Å². The van der Waals surface area contributed by atoms with Crippen molar-refractivity contribution in [2.24, 2.45) is 4.99 Å². The van der Waals surface area contributed by atoms with Crippen LogP contribution in [0.4, 0.5) is 21.7 Å². The van der Waals surface area contributed by atoms with Crippen LogP contribution in [-0.4, -0.2) is 56.9 Å². The fourth-order valence-corrected chi connectivity index (χ4v) is 5.58. The number of piperazine rings is 1. The van der Waals surface area contributed by atoms with Crippen molar-refractivity contribution in [1.82, 2.24) is 29.8 Å². The number of benzene rings is 1. The molecule has 2 fully saturated rings. The third kappa shape index (κ3) is 4.97. The molecule has 0 atom stereocenters. The van der Waals surface area contributed by atoms with Crippen molar-refractivity contribution < 1.29 is 4.39 Å². The summed E-state index contributed by atoms with van der Waals surface area (Å²) in [6.07, 6.45) is 9.74. The first-order valence-electron chi connectivity index (χ1n) is 14.0. The van der Waals surface area contributed by atoms with Gasteiger partial charge >= 0.3 is 0 Å². The molecule has 1 aromatic carbocycles. The molecule has 0 bridgehead atoms. The zero-order valence-corrected chi connectivity index (χ0v) is 22.8. The lowest BCUT2D eigenvalue weighted by Gasteiger charge is -2.29. The lowest BCUT2D eigenvalue weighted by molar-refractivity contribution is 0.566. The molecule has 3 aliphatic rings. The van der Waals surface area contributed by atoms with E-state index in [0.29, 0.717) is 46.0 Å². The third-order valence-corrected chi connectivity index (χ3v) is 7.88. The highest BCUT2D eigenvalue weighted by molar-refractivity contribution is 5.87. The van der Waals surface area contributed by atoms with Crippen molar-refractivity contribution in [1.29, 1.82) is 0 Å². The quantitative estimate of drug-likeness (QED) is 0.354. The molecule has 41 heavy (non-hydrogen) atoms. The van der Waals surface area contributed by atoms with Crippen molar-refractivity contribution in [3.63, 3.8) is 0 Å². The van der Waals surface area contributed by atoms with Crippen molar-refractivity contribution in [2.75, 3.05) is 36.4 Å². The molecule has 7 rings (SSSR count). The van der Waals surface area contributed by atoms with Gasteiger partial charge in [-0.05, 0) is 49.6 Å². The van der Waals surface area contributed by atoms with E-state index in [-0.39, 0.29) is 23.9 Å². The van der Waals surface area contributed by atoms with E-state index in [1.807, 2.05) is 30.2 Å². The summed E-state index contributed by atoms with van der Waals surface area (Å²) >= 11 is 0. The Kier molecular flexibility index (Phi) is 6.50. The second-order valence-electron chi connectivity index (χ2n) is 10.8. The second-order valence-corrected chi connectivity index (χ2v) is 10.8. The van der Waals surface area contributed by atoms with Crippen molar-refractivity contribution in [3.05, 3.63) is 81.6 Å². The van der Waals surface area contributed by atoms with Crippen LogP contribution in [0.5, 0.6) is 0 Å². The second kappa shape index (κ2) is 10.5. The zero-order valence-electron chi connectivity index (χ0n) is 22.8. The third-order valence-electron chi connectivity index (χ3n) is 7.88. The molecule has 1 saturated carbocycles. The number of nitrogens with one attached hydrogen (secondary N) is 2. The number of nitrogens with zero attached hydrogens (tertiary/aromatic N) is 7. The monoisotopic (exact) mass is 551 g/mol. The van der Waals surface area contributed by atoms with Crippen LogP contribution in [0.15, 0.2) is 58.3 Å². The van der Waals surface area contributed by atoms with Gasteiger partial charge in [0.1, 0.15) is 17.8 Å². The molecular weight excluding hydrogens is 521 g/mol. The van der Waals surface area contributed by atoms with Crippen molar-refractivity contribution in [2.45, 2.75) is 38.6 Å². The van der Waals surface area contributed by atoms with E-state index in [1.165, 1.54) is 6.07 Å². The molecule has 0 spiro atoms. The summed E-state index contributed by atoms with van der Waals surface area (Å²) in [6, 6.07) is 6.86. The Morgan fingerprint density at radius 2 is 1.98 bits per heavy atom. The molecule has 0 unspecified atom stereocenters. The van der Waals surface area contributed by atoms with Gasteiger partial charge in [-0.1, -0.05) is 0 Å². The predicted octanol–water partition coefficient (Wildman–Crippen LogP) is 4.01. The Hall–Kier alpha value is -4.51. The van der Waals surface area contributed by atoms with Gasteiger partial charge in [0.25, 0.3) is 5.56 Å². The number of fused-ring (bicyclic) bond motifs is 1. The van der Waals surface area contributed by atoms with Crippen LogP contribution < -0.4 is 21.1 Å². The van der Waals surface area contributed by atoms with E-state index in [2.05, 4.69) is 30.6 Å². The first-order chi connectivity index (χ1) is 20.0. The van der Waals surface area contributed by atoms with Gasteiger partial charge in [0.2, 0.25) is 5.95 Å². The number of rotatable bonds is 7. The Morgan fingerprint density at radius 1 is 1.12 bits per heavy atom. The van der Waals surface area contributed by atoms with Gasteiger partial charge in [0.05, 0.1) is 29.2 Å². The maximum atomic E-state index is 15.1. The van der Waals surface area contributed by atoms with Crippen LogP contribution in [0.25, 0.3) is 16.7 Å². The number of aromatic nitrogens is 5. The molecule has 1 aliphatic carbocycles. The molecule has 2 aliphatic heterocycles. The van der Waals surface area contributed by atoms with E-state index >= 15 is 4.39 Å². The fourth-order valence-electron chi connectivity index (χ4n) is 5.58. The highest BCUT2D eigenvalue weighted by atomic mass is 19.1. The molecular formula is C30H30FN9O. The number of hydrogen-bond acceptors (Lipinski definition) is 9. The molecule has 5 heterocycles. The maximum absolute atomic E-state index is 15.1. The molecule has 0 amide bonds. The van der Waals surface area contributed by atoms with Crippen LogP contribution in [0.2, 0.25) is 0 Å². The van der Waals surface area contributed by atoms with Crippen LogP contribution in [0.3, 0.4) is 0 Å². The van der Waals surface area contributed by atoms with Gasteiger partial charge in [-0.25, -0.2) is 19.3 Å². The SMILES string of the molecule is CC1=C(c2cc3cnc(Nc4ccc(N5CCNCC5)c(F)c4)nc3n(Cc3cncnc3C3CC3)c2=O)N=CC1. The van der Waals surface area contributed by atoms with Gasteiger partial charge in [-0.2, -0.15) is 4.98 Å². The largest absolute Gasteiger partial charge is 0.367 e. The lowest BCUT2D eigenvalue weighted by atomic mass is 10.1. The number of pyridine rings is 1. The standard InChI is InChI=1S/C30H30FN9O/c1-18-6-7-34-26(18)23-12-20-15-35-30(37-22-4-5-25(24(31)13-22)39-10-8-32-9-11-39)38-28(20)40(29(23)41)16-21-14-33-17-36-27(21)19-2-3-19/h4-5,7,12-15,17,19,32H,2-3,6,8-11,16H2,1H3,(H,35,37,38). The fraction of sp³-hybridized carbons (Fsp3) is 0.333. The molecule has 208 valence electrons. The molecule has 2 N–H and O–H groups in total. The van der Waals surface area contributed by atoms with Gasteiger partial charge in [-0.15, -0.1) is 0 Å². The van der Waals surface area contributed by atoms with E-state index in [4.69, 9.17) is 4.98 Å². The summed E-state index contributed by atoms with van der Waals surface area (Å²) in [5.74, 6) is 0.360. The summed E-state index contributed by atoms with van der Waals surface area (Å²) in [6.45, 7) is 5.43. The number of aliphatic imine (C=N–C) groups is 1. The Balaban J connectivity index is 1.28. The molecule has 10 nitrogen and oxygen atoms in total. The Bertz CT molecular complexity index is 1770. The zero-order chi connectivity index (χ0) is 27.9. The molecule has 3 aromatic heterocycles. The van der Waals surface area contributed by atoms with Crippen LogP contribution in [0, 0.1) is 5.82 Å². The highest BCUT2D eigenvalue weighted by Gasteiger charge is 2.28. The topological polar surface area (TPSA) is 113 Å². The van der Waals surface area contributed by atoms with Crippen LogP contribution >= 0.6 is 0 Å². The van der Waals surface area contributed by atoms with E-state index < -0.39 is 0 Å². The number of anilines is 3. The highest BCUT2D eigenvalue weighted by Crippen LogP contribution is 2.40. The first-order valence-corrected chi connectivity index (χ1v) is 14.0. The number of hydrogen-bond donors (Lipinski definition) is 2. The Morgan fingerprint density at radius 3 is 2.73 bits per heavy atom. The van der Waals surface area contributed by atoms with Gasteiger partial charge in [-0.3, -0.25) is 14.4 Å². The average molecular weight is 552 g/mol. The van der Waals surface area contributed by atoms with Crippen LogP contribution in [-0.2, 0) is 6.54 Å². The summed E-state index contributed by atoms with van der Waals surface area (Å²) in [5, 5.41) is 7.12. The normalized spacial score (nSPS) is 17.1. The summed E-state index contributed by atoms with van der Waals surface area (Å²) < 4.78 is 16.7. The van der Waals surface area contributed by atoms with E-state index in [9.17, 15) is 4.79 Å². The maximum Gasteiger partial charge on any atom is 0.261 e. The summed E-state index contributed by atoms with van der Waals surface area (Å²) in [7, 11) is 0. The number of allylic oxidation sites excluding steroid dienone is 1. The van der Waals surface area contributed by atoms with Crippen molar-refractivity contribution >= 4 is 40.3 Å². The molecule has 1 saturated heterocycles. The van der Waals surface area contributed by atoms with Gasteiger partial charge < -0.3 is 15.5 Å². The number of halogens is 1. The molecule has 11 heteroatoms. The van der Waals surface area contributed by atoms with Crippen molar-refractivity contribution in [3.8, 4) is 0 Å². The minimum atomic E-state index is -0.309. The Labute approximate surface area is 236 Å². The summed E-state index contributed by atoms with van der Waals surface area (Å²) in [5.41, 5.74) is 5.52. The summed E-state index contributed by atoms with van der Waals surface area (Å²) in [4.78, 5) is 38.6. The molecule has 4 aromatic rings. The smallest absolute Gasteiger partial charge is 0.261 e. The van der Waals surface area contributed by atoms with Gasteiger partial charge in [0.15, 0.2) is 0 Å². The first kappa shape index (κ1) is 25.5. The minimum absolute atomic E-state index is 0.187. The minimum Gasteiger partial charge on any atom is -0.367 e. The lowest BCUT2D eigenvalue weighted by Crippen LogP contribution is -2.43. The van der Waals surface area contributed by atoms with Crippen LogP contribution in [0.1, 0.15) is 48.9 Å². The van der Waals surface area contributed by atoms with E-state index in [1.54, 1.807) is 29.4 Å². The molecule has 0 radical (unpaired) electrons.